The van der Waals surface area contributed by atoms with Crippen molar-refractivity contribution in [3.63, 3.8) is 0 Å². The van der Waals surface area contributed by atoms with Crippen LogP contribution in [0.3, 0.4) is 0 Å². The number of rotatable bonds is 59. The van der Waals surface area contributed by atoms with Crippen LogP contribution in [0.5, 0.6) is 0 Å². The first-order chi connectivity index (χ1) is 38.5. The highest BCUT2D eigenvalue weighted by Crippen LogP contribution is 2.17. The Kier molecular flexibility index (Phi) is 62.3. The zero-order chi connectivity index (χ0) is 56.4. The molecule has 6 heteroatoms. The molecule has 0 aromatic carbocycles. The van der Waals surface area contributed by atoms with E-state index in [1.807, 2.05) is 0 Å². The number of esters is 3. The number of carbonyl (C=O) groups is 3. The molecule has 78 heavy (non-hydrogen) atoms. The minimum Gasteiger partial charge on any atom is -0.462 e. The van der Waals surface area contributed by atoms with Crippen molar-refractivity contribution >= 4 is 17.9 Å². The van der Waals surface area contributed by atoms with Crippen LogP contribution in [0.4, 0.5) is 0 Å². The molecule has 1 unspecified atom stereocenters. The van der Waals surface area contributed by atoms with Crippen molar-refractivity contribution in [3.05, 3.63) is 109 Å². The number of hydrogen-bond donors (Lipinski definition) is 0. The Morgan fingerprint density at radius 2 is 0.500 bits per heavy atom. The van der Waals surface area contributed by atoms with Gasteiger partial charge in [0.2, 0.25) is 0 Å². The van der Waals surface area contributed by atoms with Crippen LogP contribution in [-0.4, -0.2) is 37.2 Å². The Morgan fingerprint density at radius 1 is 0.269 bits per heavy atom. The molecule has 0 bridgehead atoms. The number of hydrogen-bond acceptors (Lipinski definition) is 6. The number of ether oxygens (including phenoxy) is 3. The fraction of sp³-hybridized carbons (Fsp3) is 0.708. The maximum absolute atomic E-state index is 12.9. The summed E-state index contributed by atoms with van der Waals surface area (Å²) in [4.78, 5) is 38.2. The average molecular weight is 1080 g/mol. The van der Waals surface area contributed by atoms with Crippen LogP contribution < -0.4 is 0 Å². The summed E-state index contributed by atoms with van der Waals surface area (Å²) in [6.07, 6.45) is 89.8. The summed E-state index contributed by atoms with van der Waals surface area (Å²) in [5.74, 6) is -0.882. The molecule has 0 aliphatic heterocycles. The molecule has 0 aromatic rings. The van der Waals surface area contributed by atoms with Gasteiger partial charge in [0, 0.05) is 19.3 Å². The normalized spacial score (nSPS) is 12.8. The number of unbranched alkanes of at least 4 members (excludes halogenated alkanes) is 30. The molecular weight excluding hydrogens is 961 g/mol. The molecule has 0 radical (unpaired) electrons. The highest BCUT2D eigenvalue weighted by atomic mass is 16.6. The fourth-order valence-corrected chi connectivity index (χ4v) is 9.17. The van der Waals surface area contributed by atoms with Gasteiger partial charge in [-0.25, -0.2) is 0 Å². The molecule has 0 aliphatic carbocycles. The molecule has 0 spiro atoms. The van der Waals surface area contributed by atoms with Crippen molar-refractivity contribution in [2.75, 3.05) is 13.2 Å². The van der Waals surface area contributed by atoms with Crippen molar-refractivity contribution in [2.24, 2.45) is 0 Å². The maximum Gasteiger partial charge on any atom is 0.306 e. The molecule has 0 fully saturated rings. The minimum atomic E-state index is -0.781. The van der Waals surface area contributed by atoms with Crippen molar-refractivity contribution in [1.82, 2.24) is 0 Å². The van der Waals surface area contributed by atoms with Crippen molar-refractivity contribution in [1.29, 1.82) is 0 Å². The van der Waals surface area contributed by atoms with Crippen LogP contribution in [-0.2, 0) is 28.6 Å². The Morgan fingerprint density at radius 3 is 0.782 bits per heavy atom. The molecular formula is C72H122O6. The standard InChI is InChI=1S/C72H122O6/c1-4-7-10-13-16-19-21-23-25-27-29-31-32-33-34-35-36-37-38-39-40-42-43-45-47-49-51-53-56-59-62-65-71(74)77-68-69(67-76-70(73)64-61-58-55-18-15-12-9-6-3)78-72(75)66-63-60-57-54-52-50-48-46-44-41-30-28-26-24-22-20-17-14-11-8-5-2/h7-8,10-11,16-17,19-20,23-26,29-31,33-34,41,69H,4-6,9,12-15,18,21-22,27-28,32,35-40,42-68H2,1-3H3/b10-7-,11-8-,19-16-,20-17-,25-23-,26-24-,31-29-,34-33-,41-30-. The van der Waals surface area contributed by atoms with Gasteiger partial charge in [-0.15, -0.1) is 0 Å². The van der Waals surface area contributed by atoms with Gasteiger partial charge in [-0.1, -0.05) is 297 Å². The van der Waals surface area contributed by atoms with E-state index in [0.717, 1.165) is 122 Å². The molecule has 1 atom stereocenters. The van der Waals surface area contributed by atoms with Gasteiger partial charge in [0.15, 0.2) is 6.10 Å². The predicted molar refractivity (Wildman–Crippen MR) is 339 cm³/mol. The summed E-state index contributed by atoms with van der Waals surface area (Å²) in [6.45, 7) is 6.40. The summed E-state index contributed by atoms with van der Waals surface area (Å²) in [7, 11) is 0. The molecule has 0 heterocycles. The van der Waals surface area contributed by atoms with Gasteiger partial charge < -0.3 is 14.2 Å². The third-order valence-electron chi connectivity index (χ3n) is 14.0. The van der Waals surface area contributed by atoms with Crippen molar-refractivity contribution in [3.8, 4) is 0 Å². The van der Waals surface area contributed by atoms with Gasteiger partial charge in [0.25, 0.3) is 0 Å². The molecule has 0 rings (SSSR count). The molecule has 0 N–H and O–H groups in total. The predicted octanol–water partition coefficient (Wildman–Crippen LogP) is 22.6. The SMILES string of the molecule is CC/C=C\C/C=C\C/C=C\C/C=C\C/C=C\CCCCCCCCCCCCCCCCCC(=O)OCC(COC(=O)CCCCCCCCCC)OC(=O)CCCCCCCCCC/C=C\C/C=C\C/C=C\C/C=C\CC. The lowest BCUT2D eigenvalue weighted by molar-refractivity contribution is -0.167. The van der Waals surface area contributed by atoms with Gasteiger partial charge in [-0.05, 0) is 103 Å². The molecule has 0 aromatic heterocycles. The van der Waals surface area contributed by atoms with Crippen LogP contribution in [0.1, 0.15) is 310 Å². The highest BCUT2D eigenvalue weighted by Gasteiger charge is 2.19. The molecule has 0 aliphatic rings. The summed E-state index contributed by atoms with van der Waals surface area (Å²) in [6, 6.07) is 0. The lowest BCUT2D eigenvalue weighted by atomic mass is 10.0. The molecule has 0 saturated heterocycles. The molecule has 0 saturated carbocycles. The largest absolute Gasteiger partial charge is 0.462 e. The van der Waals surface area contributed by atoms with Crippen molar-refractivity contribution in [2.45, 2.75) is 316 Å². The van der Waals surface area contributed by atoms with Crippen LogP contribution >= 0.6 is 0 Å². The van der Waals surface area contributed by atoms with Gasteiger partial charge in [0.1, 0.15) is 13.2 Å². The summed E-state index contributed by atoms with van der Waals surface area (Å²) < 4.78 is 16.9. The molecule has 0 amide bonds. The van der Waals surface area contributed by atoms with E-state index in [0.29, 0.717) is 19.3 Å². The van der Waals surface area contributed by atoms with Gasteiger partial charge in [0.05, 0.1) is 0 Å². The van der Waals surface area contributed by atoms with Crippen LogP contribution in [0.2, 0.25) is 0 Å². The second kappa shape index (κ2) is 65.6. The van der Waals surface area contributed by atoms with E-state index in [2.05, 4.69) is 130 Å². The quantitative estimate of drug-likeness (QED) is 0.0261. The third-order valence-corrected chi connectivity index (χ3v) is 14.0. The van der Waals surface area contributed by atoms with Gasteiger partial charge in [-0.2, -0.15) is 0 Å². The van der Waals surface area contributed by atoms with E-state index in [1.54, 1.807) is 0 Å². The van der Waals surface area contributed by atoms with E-state index < -0.39 is 6.10 Å². The summed E-state index contributed by atoms with van der Waals surface area (Å²) >= 11 is 0. The second-order valence-electron chi connectivity index (χ2n) is 21.6. The monoisotopic (exact) mass is 1080 g/mol. The van der Waals surface area contributed by atoms with Crippen LogP contribution in [0.15, 0.2) is 109 Å². The fourth-order valence-electron chi connectivity index (χ4n) is 9.17. The Hall–Kier alpha value is -3.93. The summed E-state index contributed by atoms with van der Waals surface area (Å²) in [5.41, 5.74) is 0. The third kappa shape index (κ3) is 62.9. The number of allylic oxidation sites excluding steroid dienone is 18. The van der Waals surface area contributed by atoms with E-state index in [1.165, 1.54) is 148 Å². The van der Waals surface area contributed by atoms with E-state index in [-0.39, 0.29) is 31.1 Å². The zero-order valence-corrected chi connectivity index (χ0v) is 51.2. The Labute approximate surface area is 482 Å². The first kappa shape index (κ1) is 74.1. The maximum atomic E-state index is 12.9. The summed E-state index contributed by atoms with van der Waals surface area (Å²) in [5, 5.41) is 0. The van der Waals surface area contributed by atoms with Crippen LogP contribution in [0, 0.1) is 0 Å². The molecule has 6 nitrogen and oxygen atoms in total. The minimum absolute atomic E-state index is 0.0787. The lowest BCUT2D eigenvalue weighted by Crippen LogP contribution is -2.30. The first-order valence-electron chi connectivity index (χ1n) is 32.9. The smallest absolute Gasteiger partial charge is 0.306 e. The highest BCUT2D eigenvalue weighted by molar-refractivity contribution is 5.71. The van der Waals surface area contributed by atoms with Crippen LogP contribution in [0.25, 0.3) is 0 Å². The van der Waals surface area contributed by atoms with Gasteiger partial charge >= 0.3 is 17.9 Å². The average Bonchev–Trinajstić information content (AvgIpc) is 3.44. The lowest BCUT2D eigenvalue weighted by Gasteiger charge is -2.18. The second-order valence-corrected chi connectivity index (χ2v) is 21.6. The topological polar surface area (TPSA) is 78.9 Å². The Balaban J connectivity index is 4.13. The van der Waals surface area contributed by atoms with E-state index in [4.69, 9.17) is 14.2 Å². The van der Waals surface area contributed by atoms with E-state index in [9.17, 15) is 14.4 Å². The number of carbonyl (C=O) groups excluding carboxylic acids is 3. The van der Waals surface area contributed by atoms with E-state index >= 15 is 0 Å². The zero-order valence-electron chi connectivity index (χ0n) is 51.2. The van der Waals surface area contributed by atoms with Gasteiger partial charge in [-0.3, -0.25) is 14.4 Å². The first-order valence-corrected chi connectivity index (χ1v) is 32.9. The molecule has 446 valence electrons. The Bertz CT molecular complexity index is 1570. The van der Waals surface area contributed by atoms with Crippen molar-refractivity contribution < 1.29 is 28.6 Å².